The van der Waals surface area contributed by atoms with Crippen LogP contribution in [0.4, 0.5) is 5.69 Å². The minimum Gasteiger partial charge on any atom is -0.480 e. The van der Waals surface area contributed by atoms with Gasteiger partial charge in [0.1, 0.15) is 5.75 Å². The number of hydrogen-bond donors (Lipinski definition) is 2. The predicted octanol–water partition coefficient (Wildman–Crippen LogP) is 5.74. The lowest BCUT2D eigenvalue weighted by atomic mass is 10.1. The Bertz CT molecular complexity index is 1270. The quantitative estimate of drug-likeness (QED) is 0.387. The second-order valence-corrected chi connectivity index (χ2v) is 7.88. The van der Waals surface area contributed by atoms with Gasteiger partial charge in [-0.3, -0.25) is 9.59 Å². The molecule has 5 heteroatoms. The minimum absolute atomic E-state index is 0.170. The highest BCUT2D eigenvalue weighted by Crippen LogP contribution is 2.26. The monoisotopic (exact) mass is 438 g/mol. The van der Waals surface area contributed by atoms with E-state index in [1.165, 1.54) is 0 Å². The van der Waals surface area contributed by atoms with E-state index in [0.717, 1.165) is 16.3 Å². The van der Waals surface area contributed by atoms with E-state index < -0.39 is 6.10 Å². The van der Waals surface area contributed by atoms with Gasteiger partial charge in [-0.1, -0.05) is 78.9 Å². The number of anilines is 1. The summed E-state index contributed by atoms with van der Waals surface area (Å²) in [6, 6.07) is 30.1. The molecule has 0 aromatic heterocycles. The van der Waals surface area contributed by atoms with E-state index in [1.807, 2.05) is 79.7 Å². The Morgan fingerprint density at radius 1 is 0.758 bits per heavy atom. The molecule has 0 saturated carbocycles. The van der Waals surface area contributed by atoms with Crippen LogP contribution in [-0.4, -0.2) is 17.9 Å². The molecular formula is C28H26N2O3. The van der Waals surface area contributed by atoms with Gasteiger partial charge in [-0.25, -0.2) is 0 Å². The summed E-state index contributed by atoms with van der Waals surface area (Å²) < 4.78 is 5.97. The Labute approximate surface area is 193 Å². The number of amides is 2. The first-order valence-electron chi connectivity index (χ1n) is 10.9. The summed E-state index contributed by atoms with van der Waals surface area (Å²) in [5.74, 6) is 0.0441. The van der Waals surface area contributed by atoms with E-state index in [0.29, 0.717) is 17.0 Å². The predicted molar refractivity (Wildman–Crippen MR) is 131 cm³/mol. The summed E-state index contributed by atoms with van der Waals surface area (Å²) in [7, 11) is 0. The number of nitrogens with one attached hydrogen (secondary N) is 2. The van der Waals surface area contributed by atoms with Crippen LogP contribution >= 0.6 is 0 Å². The van der Waals surface area contributed by atoms with Crippen molar-refractivity contribution in [3.63, 3.8) is 0 Å². The van der Waals surface area contributed by atoms with Gasteiger partial charge in [0, 0.05) is 5.39 Å². The number of para-hydroxylation sites is 1. The maximum absolute atomic E-state index is 12.9. The van der Waals surface area contributed by atoms with Gasteiger partial charge in [-0.2, -0.15) is 0 Å². The molecule has 4 rings (SSSR count). The average molecular weight is 439 g/mol. The van der Waals surface area contributed by atoms with Crippen LogP contribution in [0.5, 0.6) is 5.75 Å². The number of ether oxygens (including phenoxy) is 1. The van der Waals surface area contributed by atoms with Crippen LogP contribution < -0.4 is 15.4 Å². The first-order chi connectivity index (χ1) is 16.0. The van der Waals surface area contributed by atoms with Crippen LogP contribution in [0.15, 0.2) is 97.1 Å². The fraction of sp³-hybridized carbons (Fsp3) is 0.143. The molecule has 0 radical (unpaired) electrons. The van der Waals surface area contributed by atoms with Crippen LogP contribution in [0.1, 0.15) is 35.8 Å². The molecule has 33 heavy (non-hydrogen) atoms. The molecular weight excluding hydrogens is 412 g/mol. The zero-order valence-corrected chi connectivity index (χ0v) is 18.6. The standard InChI is InChI=1S/C28H26N2O3/c1-19(21-11-4-3-5-12-21)29-28(32)24-16-8-9-17-25(24)30-27(31)20(2)33-26-18-10-14-22-13-6-7-15-23(22)26/h3-20H,1-2H3,(H,29,32)(H,30,31)/t19-,20-/m1/s1. The second-order valence-electron chi connectivity index (χ2n) is 7.88. The Morgan fingerprint density at radius 3 is 2.24 bits per heavy atom. The number of hydrogen-bond acceptors (Lipinski definition) is 3. The molecule has 4 aromatic carbocycles. The fourth-order valence-electron chi connectivity index (χ4n) is 3.67. The summed E-state index contributed by atoms with van der Waals surface area (Å²) in [5.41, 5.74) is 1.84. The molecule has 0 heterocycles. The lowest BCUT2D eigenvalue weighted by molar-refractivity contribution is -0.122. The van der Waals surface area contributed by atoms with E-state index >= 15 is 0 Å². The van der Waals surface area contributed by atoms with Gasteiger partial charge >= 0.3 is 0 Å². The third kappa shape index (κ3) is 5.21. The third-order valence-electron chi connectivity index (χ3n) is 5.50. The zero-order valence-electron chi connectivity index (χ0n) is 18.6. The lowest BCUT2D eigenvalue weighted by Crippen LogP contribution is -2.32. The fourth-order valence-corrected chi connectivity index (χ4v) is 3.67. The van der Waals surface area contributed by atoms with Gasteiger partial charge in [-0.05, 0) is 43.0 Å². The summed E-state index contributed by atoms with van der Waals surface area (Å²) in [6.45, 7) is 3.62. The van der Waals surface area contributed by atoms with Crippen molar-refractivity contribution in [2.24, 2.45) is 0 Å². The minimum atomic E-state index is -0.754. The Kier molecular flexibility index (Phi) is 6.69. The highest BCUT2D eigenvalue weighted by molar-refractivity contribution is 6.04. The molecule has 4 aromatic rings. The van der Waals surface area contributed by atoms with Crippen LogP contribution in [0.2, 0.25) is 0 Å². The summed E-state index contributed by atoms with van der Waals surface area (Å²) >= 11 is 0. The third-order valence-corrected chi connectivity index (χ3v) is 5.50. The number of rotatable bonds is 7. The van der Waals surface area contributed by atoms with E-state index in [-0.39, 0.29) is 17.9 Å². The van der Waals surface area contributed by atoms with Crippen LogP contribution in [0.25, 0.3) is 10.8 Å². The molecule has 5 nitrogen and oxygen atoms in total. The second kappa shape index (κ2) is 10.0. The van der Waals surface area contributed by atoms with Crippen LogP contribution in [0.3, 0.4) is 0 Å². The van der Waals surface area contributed by atoms with E-state index in [1.54, 1.807) is 31.2 Å². The molecule has 166 valence electrons. The van der Waals surface area contributed by atoms with Crippen molar-refractivity contribution in [1.29, 1.82) is 0 Å². The number of fused-ring (bicyclic) bond motifs is 1. The number of benzene rings is 4. The molecule has 0 aliphatic carbocycles. The molecule has 2 atom stereocenters. The molecule has 0 aliphatic rings. The molecule has 0 aliphatic heterocycles. The lowest BCUT2D eigenvalue weighted by Gasteiger charge is -2.19. The Balaban J connectivity index is 1.46. The van der Waals surface area contributed by atoms with Gasteiger partial charge in [0.15, 0.2) is 6.10 Å². The van der Waals surface area contributed by atoms with Crippen molar-refractivity contribution >= 4 is 28.3 Å². The van der Waals surface area contributed by atoms with Crippen molar-refractivity contribution in [3.05, 3.63) is 108 Å². The first-order valence-corrected chi connectivity index (χ1v) is 10.9. The number of carbonyl (C=O) groups excluding carboxylic acids is 2. The van der Waals surface area contributed by atoms with Gasteiger partial charge in [-0.15, -0.1) is 0 Å². The zero-order chi connectivity index (χ0) is 23.2. The van der Waals surface area contributed by atoms with E-state index in [4.69, 9.17) is 4.74 Å². The Morgan fingerprint density at radius 2 is 1.42 bits per heavy atom. The summed E-state index contributed by atoms with van der Waals surface area (Å²) in [6.07, 6.45) is -0.754. The van der Waals surface area contributed by atoms with Crippen molar-refractivity contribution in [1.82, 2.24) is 5.32 Å². The van der Waals surface area contributed by atoms with Crippen LogP contribution in [0, 0.1) is 0 Å². The van der Waals surface area contributed by atoms with Gasteiger partial charge < -0.3 is 15.4 Å². The van der Waals surface area contributed by atoms with Crippen molar-refractivity contribution < 1.29 is 14.3 Å². The molecule has 0 fully saturated rings. The molecule has 0 unspecified atom stereocenters. The summed E-state index contributed by atoms with van der Waals surface area (Å²) in [5, 5.41) is 7.82. The smallest absolute Gasteiger partial charge is 0.265 e. The largest absolute Gasteiger partial charge is 0.480 e. The maximum atomic E-state index is 12.9. The molecule has 0 spiro atoms. The Hall–Kier alpha value is -4.12. The first kappa shape index (κ1) is 22.1. The highest BCUT2D eigenvalue weighted by Gasteiger charge is 2.20. The maximum Gasteiger partial charge on any atom is 0.265 e. The SMILES string of the molecule is C[C@@H](Oc1cccc2ccccc12)C(=O)Nc1ccccc1C(=O)N[C@H](C)c1ccccc1. The molecule has 0 saturated heterocycles. The number of carbonyl (C=O) groups is 2. The van der Waals surface area contributed by atoms with Gasteiger partial charge in [0.2, 0.25) is 0 Å². The van der Waals surface area contributed by atoms with Crippen LogP contribution in [-0.2, 0) is 4.79 Å². The normalized spacial score (nSPS) is 12.5. The van der Waals surface area contributed by atoms with Gasteiger partial charge in [0.25, 0.3) is 11.8 Å². The topological polar surface area (TPSA) is 67.4 Å². The van der Waals surface area contributed by atoms with Crippen molar-refractivity contribution in [3.8, 4) is 5.75 Å². The molecule has 0 bridgehead atoms. The van der Waals surface area contributed by atoms with Crippen molar-refractivity contribution in [2.75, 3.05) is 5.32 Å². The molecule has 2 N–H and O–H groups in total. The van der Waals surface area contributed by atoms with E-state index in [9.17, 15) is 9.59 Å². The molecule has 2 amide bonds. The van der Waals surface area contributed by atoms with E-state index in [2.05, 4.69) is 10.6 Å². The summed E-state index contributed by atoms with van der Waals surface area (Å²) in [4.78, 5) is 25.8. The average Bonchev–Trinajstić information content (AvgIpc) is 2.85. The van der Waals surface area contributed by atoms with Gasteiger partial charge in [0.05, 0.1) is 17.3 Å². The highest BCUT2D eigenvalue weighted by atomic mass is 16.5. The van der Waals surface area contributed by atoms with Crippen molar-refractivity contribution in [2.45, 2.75) is 26.0 Å².